The fourth-order valence-electron chi connectivity index (χ4n) is 3.39. The third-order valence-corrected chi connectivity index (χ3v) is 4.73. The summed E-state index contributed by atoms with van der Waals surface area (Å²) in [5, 5.41) is 8.81. The number of nitrogens with zero attached hydrogens (tertiary/aromatic N) is 5. The average molecular weight is 347 g/mol. The lowest BCUT2D eigenvalue weighted by atomic mass is 10.2. The number of hydrogen-bond acceptors (Lipinski definition) is 6. The maximum atomic E-state index is 12.4. The third kappa shape index (κ3) is 3.58. The van der Waals surface area contributed by atoms with E-state index in [9.17, 15) is 9.59 Å². The van der Waals surface area contributed by atoms with Gasteiger partial charge in [0.1, 0.15) is 5.76 Å². The molecule has 0 saturated carbocycles. The van der Waals surface area contributed by atoms with E-state index in [2.05, 4.69) is 22.1 Å². The molecule has 2 aromatic rings. The first-order chi connectivity index (χ1) is 12.0. The number of carbonyl (C=O) groups is 1. The van der Waals surface area contributed by atoms with Crippen molar-refractivity contribution in [3.8, 4) is 0 Å². The van der Waals surface area contributed by atoms with Gasteiger partial charge in [0.05, 0.1) is 17.6 Å². The topological polar surface area (TPSA) is 84.5 Å². The summed E-state index contributed by atoms with van der Waals surface area (Å²) >= 11 is 0. The maximum absolute atomic E-state index is 12.4. The van der Waals surface area contributed by atoms with Crippen LogP contribution >= 0.6 is 0 Å². The zero-order valence-electron chi connectivity index (χ0n) is 15.1. The van der Waals surface area contributed by atoms with Crippen molar-refractivity contribution < 1.29 is 9.32 Å². The van der Waals surface area contributed by atoms with E-state index in [0.717, 1.165) is 39.1 Å². The molecule has 136 valence electrons. The van der Waals surface area contributed by atoms with Crippen molar-refractivity contribution in [1.82, 2.24) is 24.7 Å². The summed E-state index contributed by atoms with van der Waals surface area (Å²) in [7, 11) is 0. The van der Waals surface area contributed by atoms with Crippen LogP contribution in [-0.2, 0) is 11.3 Å². The lowest BCUT2D eigenvalue weighted by Crippen LogP contribution is -2.49. The molecule has 25 heavy (non-hydrogen) atoms. The number of piperazine rings is 1. The molecule has 0 spiro atoms. The third-order valence-electron chi connectivity index (χ3n) is 4.73. The van der Waals surface area contributed by atoms with E-state index in [1.165, 1.54) is 4.68 Å². The van der Waals surface area contributed by atoms with Gasteiger partial charge in [-0.15, -0.1) is 0 Å². The maximum Gasteiger partial charge on any atom is 0.296 e. The SMILES string of the molecule is CCCN1CCN(C(=O)CCn2nc(C)c3c(C)onc3c2=O)CC1. The summed E-state index contributed by atoms with van der Waals surface area (Å²) in [6, 6.07) is 0. The van der Waals surface area contributed by atoms with Crippen LogP contribution in [0.15, 0.2) is 9.32 Å². The Morgan fingerprint density at radius 3 is 2.56 bits per heavy atom. The molecule has 1 saturated heterocycles. The smallest absolute Gasteiger partial charge is 0.296 e. The molecule has 3 heterocycles. The van der Waals surface area contributed by atoms with Gasteiger partial charge in [0.25, 0.3) is 5.56 Å². The first-order valence-corrected chi connectivity index (χ1v) is 8.85. The molecule has 3 rings (SSSR count). The van der Waals surface area contributed by atoms with Gasteiger partial charge in [-0.25, -0.2) is 4.68 Å². The minimum absolute atomic E-state index is 0.0685. The Balaban J connectivity index is 1.64. The molecule has 0 unspecified atom stereocenters. The van der Waals surface area contributed by atoms with Crippen LogP contribution in [-0.4, -0.2) is 63.4 Å². The Labute approximate surface area is 146 Å². The predicted molar refractivity (Wildman–Crippen MR) is 93.5 cm³/mol. The minimum Gasteiger partial charge on any atom is -0.360 e. The van der Waals surface area contributed by atoms with Crippen LogP contribution in [0, 0.1) is 13.8 Å². The summed E-state index contributed by atoms with van der Waals surface area (Å²) in [6.07, 6.45) is 1.40. The number of amides is 1. The molecule has 0 atom stereocenters. The largest absolute Gasteiger partial charge is 0.360 e. The number of aromatic nitrogens is 3. The molecule has 0 radical (unpaired) electrons. The molecule has 1 aliphatic rings. The first kappa shape index (κ1) is 17.6. The second-order valence-electron chi connectivity index (χ2n) is 6.55. The van der Waals surface area contributed by atoms with Gasteiger partial charge in [-0.3, -0.25) is 14.5 Å². The zero-order chi connectivity index (χ0) is 18.0. The fraction of sp³-hybridized carbons (Fsp3) is 0.647. The summed E-state index contributed by atoms with van der Waals surface area (Å²) in [5.41, 5.74) is 0.664. The average Bonchev–Trinajstić information content (AvgIpc) is 3.00. The monoisotopic (exact) mass is 347 g/mol. The van der Waals surface area contributed by atoms with Crippen LogP contribution in [0.3, 0.4) is 0 Å². The molecule has 2 aromatic heterocycles. The van der Waals surface area contributed by atoms with Crippen LogP contribution in [0.1, 0.15) is 31.2 Å². The molecule has 1 aliphatic heterocycles. The van der Waals surface area contributed by atoms with Gasteiger partial charge in [-0.1, -0.05) is 12.1 Å². The van der Waals surface area contributed by atoms with Crippen LogP contribution in [0.5, 0.6) is 0 Å². The van der Waals surface area contributed by atoms with E-state index < -0.39 is 0 Å². The molecule has 8 heteroatoms. The summed E-state index contributed by atoms with van der Waals surface area (Å²) in [6.45, 7) is 10.4. The second kappa shape index (κ2) is 7.35. The summed E-state index contributed by atoms with van der Waals surface area (Å²) < 4.78 is 6.42. The van der Waals surface area contributed by atoms with Crippen LogP contribution in [0.2, 0.25) is 0 Å². The molecule has 0 N–H and O–H groups in total. The van der Waals surface area contributed by atoms with Crippen molar-refractivity contribution >= 4 is 16.8 Å². The quantitative estimate of drug-likeness (QED) is 0.800. The van der Waals surface area contributed by atoms with E-state index in [1.807, 2.05) is 11.8 Å². The molecular weight excluding hydrogens is 322 g/mol. The van der Waals surface area contributed by atoms with E-state index in [0.29, 0.717) is 16.8 Å². The van der Waals surface area contributed by atoms with Gasteiger partial charge < -0.3 is 9.42 Å². The zero-order valence-corrected chi connectivity index (χ0v) is 15.1. The highest BCUT2D eigenvalue weighted by molar-refractivity contribution is 5.81. The van der Waals surface area contributed by atoms with Gasteiger partial charge in [-0.05, 0) is 26.8 Å². The van der Waals surface area contributed by atoms with Crippen molar-refractivity contribution in [2.45, 2.75) is 40.2 Å². The van der Waals surface area contributed by atoms with Crippen molar-refractivity contribution in [1.29, 1.82) is 0 Å². The molecule has 0 aliphatic carbocycles. The molecule has 0 aromatic carbocycles. The molecule has 1 amide bonds. The molecule has 8 nitrogen and oxygen atoms in total. The van der Waals surface area contributed by atoms with Crippen molar-refractivity contribution in [3.63, 3.8) is 0 Å². The highest BCUT2D eigenvalue weighted by atomic mass is 16.5. The van der Waals surface area contributed by atoms with Gasteiger partial charge >= 0.3 is 0 Å². The van der Waals surface area contributed by atoms with Crippen molar-refractivity contribution in [2.24, 2.45) is 0 Å². The van der Waals surface area contributed by atoms with Crippen molar-refractivity contribution in [2.75, 3.05) is 32.7 Å². The van der Waals surface area contributed by atoms with E-state index in [-0.39, 0.29) is 29.9 Å². The normalized spacial score (nSPS) is 15.9. The Morgan fingerprint density at radius 1 is 1.16 bits per heavy atom. The Kier molecular flexibility index (Phi) is 5.17. The predicted octanol–water partition coefficient (Wildman–Crippen LogP) is 0.946. The number of fused-ring (bicyclic) bond motifs is 1. The lowest BCUT2D eigenvalue weighted by molar-refractivity contribution is -0.133. The standard InChI is InChI=1S/C17H25N5O3/c1-4-6-20-8-10-21(11-9-20)14(23)5-7-22-17(24)16-15(12(2)18-22)13(3)25-19-16/h4-11H2,1-3H3. The highest BCUT2D eigenvalue weighted by Crippen LogP contribution is 2.16. The van der Waals surface area contributed by atoms with Gasteiger partial charge in [0.2, 0.25) is 5.91 Å². The minimum atomic E-state index is -0.307. The van der Waals surface area contributed by atoms with Crippen LogP contribution in [0.4, 0.5) is 0 Å². The number of rotatable bonds is 5. The first-order valence-electron chi connectivity index (χ1n) is 8.85. The number of hydrogen-bond donors (Lipinski definition) is 0. The van der Waals surface area contributed by atoms with Crippen LogP contribution < -0.4 is 5.56 Å². The summed E-state index contributed by atoms with van der Waals surface area (Å²) in [5.74, 6) is 0.657. The van der Waals surface area contributed by atoms with Gasteiger partial charge in [-0.2, -0.15) is 5.10 Å². The highest BCUT2D eigenvalue weighted by Gasteiger charge is 2.21. The Bertz CT molecular complexity index is 818. The Morgan fingerprint density at radius 2 is 1.88 bits per heavy atom. The van der Waals surface area contributed by atoms with Gasteiger partial charge in [0.15, 0.2) is 5.52 Å². The van der Waals surface area contributed by atoms with E-state index in [1.54, 1.807) is 6.92 Å². The number of carbonyl (C=O) groups excluding carboxylic acids is 1. The molecular formula is C17H25N5O3. The van der Waals surface area contributed by atoms with Crippen molar-refractivity contribution in [3.05, 3.63) is 21.8 Å². The summed E-state index contributed by atoms with van der Waals surface area (Å²) in [4.78, 5) is 29.1. The molecule has 0 bridgehead atoms. The Hall–Kier alpha value is -2.22. The number of aryl methyl sites for hydroxylation is 3. The fourth-order valence-corrected chi connectivity index (χ4v) is 3.39. The van der Waals surface area contributed by atoms with Gasteiger partial charge in [0, 0.05) is 32.6 Å². The van der Waals surface area contributed by atoms with E-state index in [4.69, 9.17) is 4.52 Å². The molecule has 1 fully saturated rings. The second-order valence-corrected chi connectivity index (χ2v) is 6.55. The lowest BCUT2D eigenvalue weighted by Gasteiger charge is -2.34. The van der Waals surface area contributed by atoms with E-state index >= 15 is 0 Å². The van der Waals surface area contributed by atoms with Crippen LogP contribution in [0.25, 0.3) is 10.9 Å².